The van der Waals surface area contributed by atoms with Gasteiger partial charge >= 0.3 is 18.4 Å². The molecule has 0 atom stereocenters. The zero-order valence-electron chi connectivity index (χ0n) is 11.3. The first kappa shape index (κ1) is 15.1. The van der Waals surface area contributed by atoms with E-state index in [0.29, 0.717) is 12.8 Å². The highest BCUT2D eigenvalue weighted by atomic mass is 127. The molecule has 6 heteroatoms. The van der Waals surface area contributed by atoms with Crippen LogP contribution in [0.5, 0.6) is 0 Å². The fourth-order valence-corrected chi connectivity index (χ4v) is 2.67. The van der Waals surface area contributed by atoms with Crippen molar-refractivity contribution in [1.82, 2.24) is 0 Å². The highest BCUT2D eigenvalue weighted by Gasteiger charge is 2.51. The molecule has 20 heavy (non-hydrogen) atoms. The molecule has 0 amide bonds. The maximum atomic E-state index is 12.1. The molecule has 0 bridgehead atoms. The molecule has 1 aromatic carbocycles. The topological polar surface area (TPSA) is 64.6 Å². The number of esters is 2. The molecule has 1 saturated heterocycles. The van der Waals surface area contributed by atoms with Crippen LogP contribution in [0.3, 0.4) is 0 Å². The third kappa shape index (κ3) is 2.74. The summed E-state index contributed by atoms with van der Waals surface area (Å²) >= 11 is 2.17. The van der Waals surface area contributed by atoms with Gasteiger partial charge in [-0.25, -0.2) is 0 Å². The van der Waals surface area contributed by atoms with Crippen molar-refractivity contribution < 1.29 is 19.1 Å². The fraction of sp³-hybridized carbons (Fsp3) is 0.429. The quantitative estimate of drug-likeness (QED) is 0.488. The molecule has 108 valence electrons. The van der Waals surface area contributed by atoms with Crippen molar-refractivity contribution in [2.45, 2.75) is 33.1 Å². The minimum Gasteiger partial charge on any atom is -0.405 e. The number of carbonyl (C=O) groups excluding carboxylic acids is 2. The number of rotatable bonds is 4. The van der Waals surface area contributed by atoms with Crippen molar-refractivity contribution in [2.24, 2.45) is 5.41 Å². The SMILES string of the molecule is CCC1(CC)C(=O)OC(Nc2cccc(I)c2)OC1=O. The molecule has 5 nitrogen and oxygen atoms in total. The molecule has 1 aromatic rings. The molecule has 0 radical (unpaired) electrons. The Bertz CT molecular complexity index is 508. The van der Waals surface area contributed by atoms with Crippen molar-refractivity contribution in [1.29, 1.82) is 0 Å². The van der Waals surface area contributed by atoms with Crippen molar-refractivity contribution in [2.75, 3.05) is 5.32 Å². The molecule has 1 fully saturated rings. The Balaban J connectivity index is 2.11. The van der Waals surface area contributed by atoms with Gasteiger partial charge in [-0.2, -0.15) is 0 Å². The highest BCUT2D eigenvalue weighted by molar-refractivity contribution is 14.1. The van der Waals surface area contributed by atoms with Crippen LogP contribution in [0.15, 0.2) is 24.3 Å². The lowest BCUT2D eigenvalue weighted by atomic mass is 9.82. The van der Waals surface area contributed by atoms with Gasteiger partial charge in [0.15, 0.2) is 5.41 Å². The van der Waals surface area contributed by atoms with Gasteiger partial charge < -0.3 is 14.8 Å². The van der Waals surface area contributed by atoms with Crippen LogP contribution < -0.4 is 5.32 Å². The molecule has 1 heterocycles. The number of carbonyl (C=O) groups is 2. The number of ether oxygens (including phenoxy) is 2. The first-order valence-electron chi connectivity index (χ1n) is 6.46. The van der Waals surface area contributed by atoms with Crippen LogP contribution >= 0.6 is 22.6 Å². The summed E-state index contributed by atoms with van der Waals surface area (Å²) in [6.45, 7) is 3.55. The molecule has 1 aliphatic heterocycles. The van der Waals surface area contributed by atoms with Crippen LogP contribution in [-0.2, 0) is 19.1 Å². The average Bonchev–Trinajstić information content (AvgIpc) is 2.39. The van der Waals surface area contributed by atoms with Crippen molar-refractivity contribution in [3.8, 4) is 0 Å². The molecule has 1 aliphatic rings. The number of hydrogen-bond donors (Lipinski definition) is 1. The Morgan fingerprint density at radius 1 is 1.20 bits per heavy atom. The second-order valence-electron chi connectivity index (χ2n) is 4.59. The van der Waals surface area contributed by atoms with Crippen LogP contribution in [0.2, 0.25) is 0 Å². The number of halogens is 1. The molecular formula is C14H16INO4. The second-order valence-corrected chi connectivity index (χ2v) is 5.83. The van der Waals surface area contributed by atoms with E-state index in [1.807, 2.05) is 24.3 Å². The highest BCUT2D eigenvalue weighted by Crippen LogP contribution is 2.34. The Morgan fingerprint density at radius 3 is 2.30 bits per heavy atom. The Labute approximate surface area is 131 Å². The lowest BCUT2D eigenvalue weighted by Gasteiger charge is -2.35. The maximum Gasteiger partial charge on any atom is 0.329 e. The van der Waals surface area contributed by atoms with Gasteiger partial charge in [0.1, 0.15) is 0 Å². The standard InChI is InChI=1S/C14H16INO4/c1-3-14(4-2)11(17)19-13(20-12(14)18)16-10-7-5-6-9(15)8-10/h5-8,13,16H,3-4H2,1-2H3. The summed E-state index contributed by atoms with van der Waals surface area (Å²) in [5, 5.41) is 2.88. The zero-order chi connectivity index (χ0) is 14.8. The summed E-state index contributed by atoms with van der Waals surface area (Å²) in [5.41, 5.74) is -0.438. The number of benzene rings is 1. The summed E-state index contributed by atoms with van der Waals surface area (Å²) in [6, 6.07) is 7.47. The van der Waals surface area contributed by atoms with Crippen LogP contribution in [0.1, 0.15) is 26.7 Å². The number of anilines is 1. The van der Waals surface area contributed by atoms with Gasteiger partial charge in [0.05, 0.1) is 0 Å². The van der Waals surface area contributed by atoms with E-state index in [4.69, 9.17) is 9.47 Å². The lowest BCUT2D eigenvalue weighted by Crippen LogP contribution is -2.51. The van der Waals surface area contributed by atoms with Crippen LogP contribution in [0, 0.1) is 8.99 Å². The van der Waals surface area contributed by atoms with Crippen molar-refractivity contribution in [3.63, 3.8) is 0 Å². The Morgan fingerprint density at radius 2 is 1.80 bits per heavy atom. The van der Waals surface area contributed by atoms with Crippen molar-refractivity contribution in [3.05, 3.63) is 27.8 Å². The molecule has 0 spiro atoms. The molecule has 0 saturated carbocycles. The van der Waals surface area contributed by atoms with Gasteiger partial charge in [0.25, 0.3) is 0 Å². The molecular weight excluding hydrogens is 373 g/mol. The van der Waals surface area contributed by atoms with E-state index < -0.39 is 23.8 Å². The monoisotopic (exact) mass is 389 g/mol. The predicted octanol–water partition coefficient (Wildman–Crippen LogP) is 2.89. The van der Waals surface area contributed by atoms with Gasteiger partial charge in [0, 0.05) is 9.26 Å². The van der Waals surface area contributed by atoms with Crippen molar-refractivity contribution >= 4 is 40.2 Å². The largest absolute Gasteiger partial charge is 0.405 e. The minimum atomic E-state index is -1.16. The smallest absolute Gasteiger partial charge is 0.329 e. The third-order valence-electron chi connectivity index (χ3n) is 3.53. The van der Waals surface area contributed by atoms with E-state index >= 15 is 0 Å². The van der Waals surface area contributed by atoms with E-state index in [-0.39, 0.29) is 0 Å². The summed E-state index contributed by atoms with van der Waals surface area (Å²) in [4.78, 5) is 24.2. The van der Waals surface area contributed by atoms with Crippen LogP contribution in [0.4, 0.5) is 5.69 Å². The molecule has 0 unspecified atom stereocenters. The second kappa shape index (κ2) is 5.99. The molecule has 1 N–H and O–H groups in total. The number of cyclic esters (lactones) is 2. The summed E-state index contributed by atoms with van der Waals surface area (Å²) in [6.07, 6.45) is -0.326. The van der Waals surface area contributed by atoms with E-state index in [2.05, 4.69) is 27.9 Å². The first-order valence-corrected chi connectivity index (χ1v) is 7.54. The van der Waals surface area contributed by atoms with E-state index in [1.165, 1.54) is 0 Å². The number of nitrogens with one attached hydrogen (secondary N) is 1. The minimum absolute atomic E-state index is 0.372. The van der Waals surface area contributed by atoms with E-state index in [0.717, 1.165) is 9.26 Å². The molecule has 0 aliphatic carbocycles. The molecule has 0 aromatic heterocycles. The summed E-state index contributed by atoms with van der Waals surface area (Å²) in [7, 11) is 0. The van der Waals surface area contributed by atoms with Gasteiger partial charge in [0.2, 0.25) is 0 Å². The Kier molecular flexibility index (Phi) is 4.52. The predicted molar refractivity (Wildman–Crippen MR) is 81.8 cm³/mol. The van der Waals surface area contributed by atoms with E-state index in [9.17, 15) is 9.59 Å². The lowest BCUT2D eigenvalue weighted by molar-refractivity contribution is -0.219. The Hall–Kier alpha value is -1.31. The van der Waals surface area contributed by atoms with E-state index in [1.54, 1.807) is 13.8 Å². The zero-order valence-corrected chi connectivity index (χ0v) is 13.5. The van der Waals surface area contributed by atoms with Gasteiger partial charge in [-0.3, -0.25) is 9.59 Å². The van der Waals surface area contributed by atoms with Crippen LogP contribution in [-0.4, -0.2) is 18.4 Å². The average molecular weight is 389 g/mol. The number of hydrogen-bond acceptors (Lipinski definition) is 5. The first-order chi connectivity index (χ1) is 9.51. The maximum absolute atomic E-state index is 12.1. The summed E-state index contributed by atoms with van der Waals surface area (Å²) in [5.74, 6) is -1.05. The normalized spacial score (nSPS) is 18.4. The fourth-order valence-electron chi connectivity index (χ4n) is 2.13. The summed E-state index contributed by atoms with van der Waals surface area (Å²) < 4.78 is 11.4. The van der Waals surface area contributed by atoms with Gasteiger partial charge in [-0.15, -0.1) is 0 Å². The molecule has 2 rings (SSSR count). The van der Waals surface area contributed by atoms with Gasteiger partial charge in [-0.1, -0.05) is 19.9 Å². The van der Waals surface area contributed by atoms with Crippen LogP contribution in [0.25, 0.3) is 0 Å². The van der Waals surface area contributed by atoms with Gasteiger partial charge in [-0.05, 0) is 53.6 Å². The third-order valence-corrected chi connectivity index (χ3v) is 4.20.